The molecule has 2 aromatic rings. The quantitative estimate of drug-likeness (QED) is 0.842. The number of amides is 1. The zero-order valence-electron chi connectivity index (χ0n) is 16.1. The second kappa shape index (κ2) is 7.60. The van der Waals surface area contributed by atoms with Gasteiger partial charge in [0, 0.05) is 5.69 Å². The molecule has 2 N–H and O–H groups in total. The third kappa shape index (κ3) is 4.51. The average molecular weight is 375 g/mol. The maximum atomic E-state index is 12.6. The van der Waals surface area contributed by atoms with E-state index >= 15 is 0 Å². The lowest BCUT2D eigenvalue weighted by atomic mass is 10.1. The SMILES string of the molecule is Cc1cc(C)c(NC(=O)CNS(=O)(=O)c2c(C)cc(C)cc2C)c(C)c1. The van der Waals surface area contributed by atoms with Gasteiger partial charge in [-0.05, 0) is 63.8 Å². The Hall–Kier alpha value is -2.18. The summed E-state index contributed by atoms with van der Waals surface area (Å²) in [5.41, 5.74) is 6.07. The second-order valence-corrected chi connectivity index (χ2v) is 8.58. The monoisotopic (exact) mass is 374 g/mol. The van der Waals surface area contributed by atoms with Crippen molar-refractivity contribution < 1.29 is 13.2 Å². The summed E-state index contributed by atoms with van der Waals surface area (Å²) in [5, 5.41) is 2.80. The Kier molecular flexibility index (Phi) is 5.88. The molecule has 0 heterocycles. The van der Waals surface area contributed by atoms with Gasteiger partial charge in [0.05, 0.1) is 11.4 Å². The minimum Gasteiger partial charge on any atom is -0.324 e. The van der Waals surface area contributed by atoms with Crippen molar-refractivity contribution in [3.8, 4) is 0 Å². The first-order valence-corrected chi connectivity index (χ1v) is 9.95. The van der Waals surface area contributed by atoms with E-state index in [1.165, 1.54) is 0 Å². The molecule has 26 heavy (non-hydrogen) atoms. The van der Waals surface area contributed by atoms with E-state index in [0.717, 1.165) is 27.9 Å². The minimum atomic E-state index is -3.76. The molecular formula is C20H26N2O3S. The van der Waals surface area contributed by atoms with Crippen LogP contribution in [0.3, 0.4) is 0 Å². The molecule has 2 rings (SSSR count). The lowest BCUT2D eigenvalue weighted by molar-refractivity contribution is -0.115. The molecule has 2 aromatic carbocycles. The Morgan fingerprint density at radius 2 is 1.23 bits per heavy atom. The van der Waals surface area contributed by atoms with Crippen LogP contribution in [-0.4, -0.2) is 20.9 Å². The highest BCUT2D eigenvalue weighted by Crippen LogP contribution is 2.23. The van der Waals surface area contributed by atoms with Crippen LogP contribution in [0.15, 0.2) is 29.2 Å². The first kappa shape index (κ1) is 20.1. The lowest BCUT2D eigenvalue weighted by Crippen LogP contribution is -2.34. The predicted molar refractivity (Wildman–Crippen MR) is 105 cm³/mol. The molecule has 1 amide bonds. The van der Waals surface area contributed by atoms with Gasteiger partial charge < -0.3 is 5.32 Å². The molecule has 0 saturated carbocycles. The molecular weight excluding hydrogens is 348 g/mol. The smallest absolute Gasteiger partial charge is 0.241 e. The average Bonchev–Trinajstić information content (AvgIpc) is 2.47. The number of anilines is 1. The minimum absolute atomic E-state index is 0.235. The fourth-order valence-corrected chi connectivity index (χ4v) is 4.82. The van der Waals surface area contributed by atoms with Crippen LogP contribution in [0.4, 0.5) is 5.69 Å². The maximum Gasteiger partial charge on any atom is 0.241 e. The van der Waals surface area contributed by atoms with E-state index in [1.54, 1.807) is 13.8 Å². The Balaban J connectivity index is 2.15. The zero-order valence-corrected chi connectivity index (χ0v) is 17.0. The summed E-state index contributed by atoms with van der Waals surface area (Å²) >= 11 is 0. The van der Waals surface area contributed by atoms with Crippen molar-refractivity contribution in [1.82, 2.24) is 4.72 Å². The number of sulfonamides is 1. The summed E-state index contributed by atoms with van der Waals surface area (Å²) in [7, 11) is -3.76. The van der Waals surface area contributed by atoms with Gasteiger partial charge in [-0.25, -0.2) is 13.1 Å². The summed E-state index contributed by atoms with van der Waals surface area (Å²) in [6, 6.07) is 7.60. The van der Waals surface area contributed by atoms with Crippen LogP contribution in [0.2, 0.25) is 0 Å². The van der Waals surface area contributed by atoms with Gasteiger partial charge in [0.15, 0.2) is 0 Å². The fourth-order valence-electron chi connectivity index (χ4n) is 3.38. The first-order valence-electron chi connectivity index (χ1n) is 8.46. The number of nitrogens with one attached hydrogen (secondary N) is 2. The van der Waals surface area contributed by atoms with Crippen LogP contribution < -0.4 is 10.0 Å². The summed E-state index contributed by atoms with van der Waals surface area (Å²) in [4.78, 5) is 12.5. The highest BCUT2D eigenvalue weighted by molar-refractivity contribution is 7.89. The normalized spacial score (nSPS) is 11.5. The molecule has 0 bridgehead atoms. The van der Waals surface area contributed by atoms with Gasteiger partial charge in [-0.2, -0.15) is 0 Å². The van der Waals surface area contributed by atoms with Crippen LogP contribution in [-0.2, 0) is 14.8 Å². The topological polar surface area (TPSA) is 75.3 Å². The van der Waals surface area contributed by atoms with Crippen molar-refractivity contribution in [1.29, 1.82) is 0 Å². The van der Waals surface area contributed by atoms with E-state index in [4.69, 9.17) is 0 Å². The summed E-state index contributed by atoms with van der Waals surface area (Å²) in [6.45, 7) is 10.9. The second-order valence-electron chi connectivity index (χ2n) is 6.87. The molecule has 0 saturated heterocycles. The molecule has 0 aliphatic heterocycles. The van der Waals surface area contributed by atoms with E-state index in [9.17, 15) is 13.2 Å². The predicted octanol–water partition coefficient (Wildman–Crippen LogP) is 3.45. The van der Waals surface area contributed by atoms with Gasteiger partial charge >= 0.3 is 0 Å². The van der Waals surface area contributed by atoms with Crippen LogP contribution >= 0.6 is 0 Å². The molecule has 5 nitrogen and oxygen atoms in total. The summed E-state index contributed by atoms with van der Waals surface area (Å²) in [6.07, 6.45) is 0. The summed E-state index contributed by atoms with van der Waals surface area (Å²) < 4.78 is 27.7. The van der Waals surface area contributed by atoms with Crippen LogP contribution in [0.25, 0.3) is 0 Å². The van der Waals surface area contributed by atoms with Crippen LogP contribution in [0.5, 0.6) is 0 Å². The molecule has 0 fully saturated rings. The Morgan fingerprint density at radius 1 is 0.808 bits per heavy atom. The molecule has 0 spiro atoms. The Bertz CT molecular complexity index is 917. The molecule has 0 radical (unpaired) electrons. The fraction of sp³-hybridized carbons (Fsp3) is 0.350. The molecule has 0 aromatic heterocycles. The van der Waals surface area contributed by atoms with Crippen molar-refractivity contribution in [2.45, 2.75) is 46.4 Å². The van der Waals surface area contributed by atoms with E-state index in [-0.39, 0.29) is 11.4 Å². The molecule has 140 valence electrons. The highest BCUT2D eigenvalue weighted by atomic mass is 32.2. The van der Waals surface area contributed by atoms with Crippen molar-refractivity contribution >= 4 is 21.6 Å². The third-order valence-electron chi connectivity index (χ3n) is 4.24. The number of hydrogen-bond acceptors (Lipinski definition) is 3. The van der Waals surface area contributed by atoms with Gasteiger partial charge in [-0.3, -0.25) is 4.79 Å². The third-order valence-corrected chi connectivity index (χ3v) is 5.94. The Morgan fingerprint density at radius 3 is 1.69 bits per heavy atom. The van der Waals surface area contributed by atoms with Crippen LogP contribution in [0.1, 0.15) is 33.4 Å². The van der Waals surface area contributed by atoms with Crippen molar-refractivity contribution in [2.75, 3.05) is 11.9 Å². The van der Waals surface area contributed by atoms with E-state index in [0.29, 0.717) is 11.1 Å². The van der Waals surface area contributed by atoms with Gasteiger partial charge in [0.2, 0.25) is 15.9 Å². The molecule has 0 unspecified atom stereocenters. The highest BCUT2D eigenvalue weighted by Gasteiger charge is 2.21. The Labute approximate surface area is 155 Å². The molecule has 0 aliphatic carbocycles. The lowest BCUT2D eigenvalue weighted by Gasteiger charge is -2.15. The van der Waals surface area contributed by atoms with E-state index in [2.05, 4.69) is 10.0 Å². The number of benzene rings is 2. The standard InChI is InChI=1S/C20H26N2O3S/c1-12-7-14(3)19(15(4)8-12)22-18(23)11-21-26(24,25)20-16(5)9-13(2)10-17(20)6/h7-10,21H,11H2,1-6H3,(H,22,23). The van der Waals surface area contributed by atoms with Gasteiger partial charge in [0.25, 0.3) is 0 Å². The van der Waals surface area contributed by atoms with Crippen molar-refractivity contribution in [3.63, 3.8) is 0 Å². The summed E-state index contributed by atoms with van der Waals surface area (Å²) in [5.74, 6) is -0.397. The van der Waals surface area contributed by atoms with Gasteiger partial charge in [-0.15, -0.1) is 0 Å². The largest absolute Gasteiger partial charge is 0.324 e. The van der Waals surface area contributed by atoms with E-state index < -0.39 is 15.9 Å². The maximum absolute atomic E-state index is 12.6. The van der Waals surface area contributed by atoms with Gasteiger partial charge in [-0.1, -0.05) is 35.4 Å². The molecule has 0 atom stereocenters. The number of hydrogen-bond donors (Lipinski definition) is 2. The molecule has 6 heteroatoms. The zero-order chi connectivity index (χ0) is 19.6. The number of aryl methyl sites for hydroxylation is 6. The number of carbonyl (C=O) groups is 1. The van der Waals surface area contributed by atoms with Crippen LogP contribution in [0, 0.1) is 41.5 Å². The van der Waals surface area contributed by atoms with Gasteiger partial charge in [0.1, 0.15) is 0 Å². The van der Waals surface area contributed by atoms with Crippen molar-refractivity contribution in [3.05, 3.63) is 57.6 Å². The number of rotatable bonds is 5. The first-order chi connectivity index (χ1) is 12.0. The van der Waals surface area contributed by atoms with E-state index in [1.807, 2.05) is 52.0 Å². The molecule has 0 aliphatic rings. The van der Waals surface area contributed by atoms with Crippen molar-refractivity contribution in [2.24, 2.45) is 0 Å². The number of carbonyl (C=O) groups excluding carboxylic acids is 1.